The van der Waals surface area contributed by atoms with Crippen molar-refractivity contribution in [1.29, 1.82) is 0 Å². The number of nitrogens with zero attached hydrogens (tertiary/aromatic N) is 1. The molecule has 3 heteroatoms. The lowest BCUT2D eigenvalue weighted by molar-refractivity contribution is 0.0599. The van der Waals surface area contributed by atoms with Crippen molar-refractivity contribution in [2.24, 2.45) is 0 Å². The molecule has 0 aliphatic carbocycles. The van der Waals surface area contributed by atoms with E-state index >= 15 is 0 Å². The first kappa shape index (κ1) is 15.8. The van der Waals surface area contributed by atoms with E-state index in [9.17, 15) is 4.79 Å². The maximum Gasteiger partial charge on any atom is 0.419 e. The number of benzene rings is 2. The molecule has 0 spiro atoms. The van der Waals surface area contributed by atoms with Crippen molar-refractivity contribution < 1.29 is 9.53 Å². The molecule has 0 fully saturated rings. The fourth-order valence-electron chi connectivity index (χ4n) is 2.00. The number of hydrogen-bond donors (Lipinski definition) is 0. The van der Waals surface area contributed by atoms with Gasteiger partial charge in [0.2, 0.25) is 0 Å². The Labute approximate surface area is 131 Å². The smallest absolute Gasteiger partial charge is 0.419 e. The fourth-order valence-corrected chi connectivity index (χ4v) is 2.00. The van der Waals surface area contributed by atoms with Crippen molar-refractivity contribution in [3.05, 3.63) is 66.7 Å². The van der Waals surface area contributed by atoms with Gasteiger partial charge in [0.25, 0.3) is 0 Å². The second-order valence-corrected chi connectivity index (χ2v) is 5.95. The van der Waals surface area contributed by atoms with Gasteiger partial charge >= 0.3 is 6.09 Å². The van der Waals surface area contributed by atoms with E-state index < -0.39 is 11.7 Å². The Balaban J connectivity index is 2.41. The summed E-state index contributed by atoms with van der Waals surface area (Å²) in [7, 11) is 0. The summed E-state index contributed by atoms with van der Waals surface area (Å²) in [5, 5.41) is 0. The molecule has 22 heavy (non-hydrogen) atoms. The molecule has 114 valence electrons. The van der Waals surface area contributed by atoms with Gasteiger partial charge < -0.3 is 4.74 Å². The Morgan fingerprint density at radius 2 is 1.55 bits per heavy atom. The number of hydrogen-bond acceptors (Lipinski definition) is 2. The van der Waals surface area contributed by atoms with Gasteiger partial charge in [-0.05, 0) is 50.6 Å². The minimum Gasteiger partial charge on any atom is -0.443 e. The summed E-state index contributed by atoms with van der Waals surface area (Å²) in [5.74, 6) is 0. The van der Waals surface area contributed by atoms with Crippen molar-refractivity contribution in [2.45, 2.75) is 26.4 Å². The van der Waals surface area contributed by atoms with E-state index in [1.165, 1.54) is 0 Å². The fraction of sp³-hybridized carbons (Fsp3) is 0.211. The Morgan fingerprint density at radius 1 is 1.00 bits per heavy atom. The van der Waals surface area contributed by atoms with Crippen molar-refractivity contribution in [3.8, 4) is 0 Å². The van der Waals surface area contributed by atoms with E-state index in [0.29, 0.717) is 0 Å². The molecular formula is C19H21NO2. The zero-order chi connectivity index (χ0) is 16.2. The summed E-state index contributed by atoms with van der Waals surface area (Å²) in [6.07, 6.45) is 1.37. The Bertz CT molecular complexity index is 639. The average molecular weight is 295 g/mol. The summed E-state index contributed by atoms with van der Waals surface area (Å²) >= 11 is 0. The topological polar surface area (TPSA) is 29.5 Å². The molecule has 0 N–H and O–H groups in total. The molecule has 0 aliphatic rings. The van der Waals surface area contributed by atoms with Crippen LogP contribution in [0.2, 0.25) is 0 Å². The maximum absolute atomic E-state index is 12.6. The van der Waals surface area contributed by atoms with Crippen LogP contribution in [0.15, 0.2) is 61.2 Å². The summed E-state index contributed by atoms with van der Waals surface area (Å²) in [4.78, 5) is 14.2. The molecule has 0 aromatic heterocycles. The molecular weight excluding hydrogens is 274 g/mol. The van der Waals surface area contributed by atoms with Gasteiger partial charge in [0.1, 0.15) is 5.60 Å². The first-order valence-corrected chi connectivity index (χ1v) is 7.21. The molecule has 0 unspecified atom stereocenters. The lowest BCUT2D eigenvalue weighted by Crippen LogP contribution is -2.33. The number of carbonyl (C=O) groups is 1. The Morgan fingerprint density at radius 3 is 2.05 bits per heavy atom. The van der Waals surface area contributed by atoms with Crippen LogP contribution in [0.1, 0.15) is 26.3 Å². The molecule has 0 radical (unpaired) electrons. The lowest BCUT2D eigenvalue weighted by Gasteiger charge is -2.27. The van der Waals surface area contributed by atoms with Crippen LogP contribution in [0.4, 0.5) is 16.2 Å². The molecule has 0 atom stereocenters. The van der Waals surface area contributed by atoms with Gasteiger partial charge in [-0.3, -0.25) is 0 Å². The molecule has 2 aromatic carbocycles. The average Bonchev–Trinajstić information content (AvgIpc) is 2.47. The van der Waals surface area contributed by atoms with Crippen molar-refractivity contribution in [2.75, 3.05) is 4.90 Å². The van der Waals surface area contributed by atoms with Crippen LogP contribution in [0, 0.1) is 0 Å². The van der Waals surface area contributed by atoms with Gasteiger partial charge in [0.15, 0.2) is 0 Å². The number of rotatable bonds is 3. The third-order valence-corrected chi connectivity index (χ3v) is 2.98. The first-order valence-electron chi connectivity index (χ1n) is 7.21. The SMILES string of the molecule is C=Cc1ccc(N(C(=O)OC(C)(C)C)c2ccccc2)cc1. The molecule has 0 saturated heterocycles. The van der Waals surface area contributed by atoms with E-state index in [4.69, 9.17) is 4.74 Å². The molecule has 0 saturated carbocycles. The quantitative estimate of drug-likeness (QED) is 0.758. The van der Waals surface area contributed by atoms with E-state index in [1.54, 1.807) is 11.0 Å². The van der Waals surface area contributed by atoms with Crippen molar-refractivity contribution in [3.63, 3.8) is 0 Å². The molecule has 1 amide bonds. The normalized spacial score (nSPS) is 10.9. The van der Waals surface area contributed by atoms with Gasteiger partial charge in [0, 0.05) is 0 Å². The predicted molar refractivity (Wildman–Crippen MR) is 91.3 cm³/mol. The lowest BCUT2D eigenvalue weighted by atomic mass is 10.1. The Kier molecular flexibility index (Phi) is 4.66. The van der Waals surface area contributed by atoms with E-state index in [0.717, 1.165) is 16.9 Å². The van der Waals surface area contributed by atoms with E-state index in [1.807, 2.05) is 75.4 Å². The highest BCUT2D eigenvalue weighted by Crippen LogP contribution is 2.28. The van der Waals surface area contributed by atoms with Crippen LogP contribution in [0.3, 0.4) is 0 Å². The summed E-state index contributed by atoms with van der Waals surface area (Å²) in [6.45, 7) is 9.31. The molecule has 0 aliphatic heterocycles. The van der Waals surface area contributed by atoms with Gasteiger partial charge in [-0.15, -0.1) is 0 Å². The molecule has 2 aromatic rings. The maximum atomic E-state index is 12.6. The van der Waals surface area contributed by atoms with Gasteiger partial charge in [-0.1, -0.05) is 43.0 Å². The zero-order valence-corrected chi connectivity index (χ0v) is 13.2. The third-order valence-electron chi connectivity index (χ3n) is 2.98. The number of carbonyl (C=O) groups excluding carboxylic acids is 1. The van der Waals surface area contributed by atoms with Crippen LogP contribution in [-0.2, 0) is 4.74 Å². The van der Waals surface area contributed by atoms with Crippen LogP contribution in [-0.4, -0.2) is 11.7 Å². The second kappa shape index (κ2) is 6.48. The van der Waals surface area contributed by atoms with Crippen LogP contribution >= 0.6 is 0 Å². The van der Waals surface area contributed by atoms with Crippen molar-refractivity contribution >= 4 is 23.5 Å². The molecule has 0 heterocycles. The van der Waals surface area contributed by atoms with Crippen LogP contribution in [0.5, 0.6) is 0 Å². The molecule has 3 nitrogen and oxygen atoms in total. The van der Waals surface area contributed by atoms with Crippen LogP contribution in [0.25, 0.3) is 6.08 Å². The minimum atomic E-state index is -0.550. The summed E-state index contributed by atoms with van der Waals surface area (Å²) in [6, 6.07) is 17.1. The van der Waals surface area contributed by atoms with Gasteiger partial charge in [-0.2, -0.15) is 0 Å². The number of anilines is 2. The highest BCUT2D eigenvalue weighted by atomic mass is 16.6. The number of ether oxygens (including phenoxy) is 1. The van der Waals surface area contributed by atoms with Gasteiger partial charge in [-0.25, -0.2) is 9.69 Å². The molecule has 2 rings (SSSR count). The van der Waals surface area contributed by atoms with E-state index in [-0.39, 0.29) is 0 Å². The summed E-state index contributed by atoms with van der Waals surface area (Å²) in [5.41, 5.74) is 1.97. The van der Waals surface area contributed by atoms with Crippen molar-refractivity contribution in [1.82, 2.24) is 0 Å². The molecule has 0 bridgehead atoms. The van der Waals surface area contributed by atoms with E-state index in [2.05, 4.69) is 6.58 Å². The standard InChI is InChI=1S/C19H21NO2/c1-5-15-11-13-17(14-12-15)20(16-9-7-6-8-10-16)18(21)22-19(2,3)4/h5-14H,1H2,2-4H3. The predicted octanol–water partition coefficient (Wildman–Crippen LogP) is 5.40. The zero-order valence-electron chi connectivity index (χ0n) is 13.2. The van der Waals surface area contributed by atoms with Crippen LogP contribution < -0.4 is 4.90 Å². The monoisotopic (exact) mass is 295 g/mol. The summed E-state index contributed by atoms with van der Waals surface area (Å²) < 4.78 is 5.53. The number of para-hydroxylation sites is 1. The second-order valence-electron chi connectivity index (χ2n) is 5.95. The number of amides is 1. The highest BCUT2D eigenvalue weighted by Gasteiger charge is 2.24. The highest BCUT2D eigenvalue weighted by molar-refractivity contribution is 5.96. The largest absolute Gasteiger partial charge is 0.443 e. The third kappa shape index (κ3) is 3.98. The van der Waals surface area contributed by atoms with Gasteiger partial charge in [0.05, 0.1) is 11.4 Å². The minimum absolute atomic E-state index is 0.398. The Hall–Kier alpha value is -2.55. The first-order chi connectivity index (χ1) is 10.4.